The molecular formula is C15H25N3O2. The Balaban J connectivity index is 1.70. The lowest BCUT2D eigenvalue weighted by molar-refractivity contribution is 0.185. The smallest absolute Gasteiger partial charge is 0.231 e. The second-order valence-corrected chi connectivity index (χ2v) is 6.33. The SMILES string of the molecule is Cc1noc([C@@H]2CN(C3CCCCCC3)C[C@H]2CO)n1. The normalized spacial score (nSPS) is 29.7. The maximum atomic E-state index is 9.66. The Hall–Kier alpha value is -0.940. The highest BCUT2D eigenvalue weighted by Crippen LogP contribution is 2.35. The predicted octanol–water partition coefficient (Wildman–Crippen LogP) is 2.11. The molecule has 1 aliphatic carbocycles. The minimum atomic E-state index is 0.199. The van der Waals surface area contributed by atoms with Crippen molar-refractivity contribution in [3.8, 4) is 0 Å². The molecule has 1 saturated carbocycles. The van der Waals surface area contributed by atoms with Gasteiger partial charge in [-0.2, -0.15) is 4.98 Å². The first-order valence-corrected chi connectivity index (χ1v) is 7.93. The van der Waals surface area contributed by atoms with Crippen molar-refractivity contribution in [3.63, 3.8) is 0 Å². The van der Waals surface area contributed by atoms with Crippen LogP contribution in [-0.4, -0.2) is 45.9 Å². The first-order valence-electron chi connectivity index (χ1n) is 7.93. The van der Waals surface area contributed by atoms with Crippen LogP contribution in [0.1, 0.15) is 56.2 Å². The molecule has 0 spiro atoms. The van der Waals surface area contributed by atoms with Crippen molar-refractivity contribution in [2.75, 3.05) is 19.7 Å². The van der Waals surface area contributed by atoms with Crippen molar-refractivity contribution in [1.29, 1.82) is 0 Å². The van der Waals surface area contributed by atoms with E-state index in [4.69, 9.17) is 4.52 Å². The van der Waals surface area contributed by atoms with Gasteiger partial charge in [-0.3, -0.25) is 4.90 Å². The molecule has 1 saturated heterocycles. The van der Waals surface area contributed by atoms with Gasteiger partial charge in [-0.25, -0.2) is 0 Å². The monoisotopic (exact) mass is 279 g/mol. The number of aliphatic hydroxyl groups excluding tert-OH is 1. The van der Waals surface area contributed by atoms with Crippen molar-refractivity contribution < 1.29 is 9.63 Å². The van der Waals surface area contributed by atoms with Crippen molar-refractivity contribution in [1.82, 2.24) is 15.0 Å². The molecular weight excluding hydrogens is 254 g/mol. The molecule has 1 aliphatic heterocycles. The molecule has 2 fully saturated rings. The van der Waals surface area contributed by atoms with Crippen molar-refractivity contribution in [2.24, 2.45) is 5.92 Å². The van der Waals surface area contributed by atoms with E-state index >= 15 is 0 Å². The average Bonchev–Trinajstić information content (AvgIpc) is 2.97. The molecule has 2 atom stereocenters. The highest BCUT2D eigenvalue weighted by molar-refractivity contribution is 5.03. The van der Waals surface area contributed by atoms with Crippen molar-refractivity contribution in [2.45, 2.75) is 57.4 Å². The minimum Gasteiger partial charge on any atom is -0.396 e. The second-order valence-electron chi connectivity index (χ2n) is 6.33. The quantitative estimate of drug-likeness (QED) is 0.859. The Bertz CT molecular complexity index is 427. The van der Waals surface area contributed by atoms with Crippen LogP contribution in [0.25, 0.3) is 0 Å². The summed E-state index contributed by atoms with van der Waals surface area (Å²) in [5.74, 6) is 1.82. The lowest BCUT2D eigenvalue weighted by atomic mass is 9.97. The standard InChI is InChI=1S/C15H25N3O2/c1-11-16-15(20-17-11)14-9-18(8-12(14)10-19)13-6-4-2-3-5-7-13/h12-14,19H,2-10H2,1H3/t12-,14+/m0/s1. The van der Waals surface area contributed by atoms with Gasteiger partial charge in [0.15, 0.2) is 5.82 Å². The second kappa shape index (κ2) is 6.22. The fourth-order valence-electron chi connectivity index (χ4n) is 3.75. The van der Waals surface area contributed by atoms with Gasteiger partial charge in [-0.1, -0.05) is 30.8 Å². The van der Waals surface area contributed by atoms with Crippen LogP contribution in [0.2, 0.25) is 0 Å². The van der Waals surface area contributed by atoms with Crippen LogP contribution < -0.4 is 0 Å². The van der Waals surface area contributed by atoms with E-state index in [0.29, 0.717) is 17.8 Å². The Morgan fingerprint density at radius 3 is 2.55 bits per heavy atom. The summed E-state index contributed by atoms with van der Waals surface area (Å²) < 4.78 is 5.34. The highest BCUT2D eigenvalue weighted by atomic mass is 16.5. The van der Waals surface area contributed by atoms with Gasteiger partial charge in [-0.15, -0.1) is 0 Å². The lowest BCUT2D eigenvalue weighted by Crippen LogP contribution is -2.33. The zero-order valence-electron chi connectivity index (χ0n) is 12.3. The predicted molar refractivity (Wildman–Crippen MR) is 75.4 cm³/mol. The molecule has 112 valence electrons. The minimum absolute atomic E-state index is 0.199. The first kappa shape index (κ1) is 14.0. The summed E-state index contributed by atoms with van der Waals surface area (Å²) >= 11 is 0. The molecule has 3 rings (SSSR count). The first-order chi connectivity index (χ1) is 9.78. The maximum absolute atomic E-state index is 9.66. The Morgan fingerprint density at radius 1 is 1.20 bits per heavy atom. The summed E-state index contributed by atoms with van der Waals surface area (Å²) in [4.78, 5) is 6.93. The summed E-state index contributed by atoms with van der Waals surface area (Å²) in [6.45, 7) is 3.97. The number of nitrogens with zero attached hydrogens (tertiary/aromatic N) is 3. The lowest BCUT2D eigenvalue weighted by Gasteiger charge is -2.26. The summed E-state index contributed by atoms with van der Waals surface area (Å²) in [6, 6.07) is 0.681. The number of hydrogen-bond acceptors (Lipinski definition) is 5. The van der Waals surface area contributed by atoms with Crippen LogP contribution in [0.4, 0.5) is 0 Å². The molecule has 0 bridgehead atoms. The molecule has 0 unspecified atom stereocenters. The summed E-state index contributed by atoms with van der Waals surface area (Å²) in [7, 11) is 0. The van der Waals surface area contributed by atoms with E-state index in [9.17, 15) is 5.11 Å². The number of aliphatic hydroxyl groups is 1. The van der Waals surface area contributed by atoms with E-state index in [2.05, 4.69) is 15.0 Å². The van der Waals surface area contributed by atoms with Gasteiger partial charge >= 0.3 is 0 Å². The fourth-order valence-corrected chi connectivity index (χ4v) is 3.75. The topological polar surface area (TPSA) is 62.4 Å². The Morgan fingerprint density at radius 2 is 1.95 bits per heavy atom. The average molecular weight is 279 g/mol. The van der Waals surface area contributed by atoms with E-state index < -0.39 is 0 Å². The number of aromatic nitrogens is 2. The third-order valence-electron chi connectivity index (χ3n) is 4.91. The summed E-state index contributed by atoms with van der Waals surface area (Å²) in [6.07, 6.45) is 8.03. The highest BCUT2D eigenvalue weighted by Gasteiger charge is 2.39. The van der Waals surface area contributed by atoms with Crippen LogP contribution in [0, 0.1) is 12.8 Å². The number of rotatable bonds is 3. The molecule has 1 N–H and O–H groups in total. The van der Waals surface area contributed by atoms with Gasteiger partial charge in [0.2, 0.25) is 5.89 Å². The van der Waals surface area contributed by atoms with Crippen LogP contribution in [-0.2, 0) is 0 Å². The van der Waals surface area contributed by atoms with Gasteiger partial charge in [0.05, 0.1) is 5.92 Å². The third kappa shape index (κ3) is 2.88. The molecule has 20 heavy (non-hydrogen) atoms. The van der Waals surface area contributed by atoms with Gasteiger partial charge in [0, 0.05) is 31.7 Å². The third-order valence-corrected chi connectivity index (χ3v) is 4.91. The van der Waals surface area contributed by atoms with Crippen LogP contribution in [0.5, 0.6) is 0 Å². The fraction of sp³-hybridized carbons (Fsp3) is 0.867. The molecule has 1 aromatic rings. The molecule has 0 amide bonds. The van der Waals surface area contributed by atoms with Crippen LogP contribution in [0.3, 0.4) is 0 Å². The van der Waals surface area contributed by atoms with E-state index in [-0.39, 0.29) is 18.4 Å². The maximum Gasteiger partial charge on any atom is 0.231 e. The number of likely N-dealkylation sites (tertiary alicyclic amines) is 1. The van der Waals surface area contributed by atoms with Crippen LogP contribution in [0.15, 0.2) is 4.52 Å². The van der Waals surface area contributed by atoms with Crippen molar-refractivity contribution in [3.05, 3.63) is 11.7 Å². The van der Waals surface area contributed by atoms with E-state index in [0.717, 1.165) is 13.1 Å². The van der Waals surface area contributed by atoms with Gasteiger partial charge in [0.25, 0.3) is 0 Å². The molecule has 5 nitrogen and oxygen atoms in total. The Kier molecular flexibility index (Phi) is 4.36. The molecule has 1 aromatic heterocycles. The van der Waals surface area contributed by atoms with Gasteiger partial charge in [-0.05, 0) is 19.8 Å². The zero-order valence-corrected chi connectivity index (χ0v) is 12.3. The molecule has 5 heteroatoms. The van der Waals surface area contributed by atoms with E-state index in [1.807, 2.05) is 6.92 Å². The molecule has 2 heterocycles. The summed E-state index contributed by atoms with van der Waals surface area (Å²) in [5.41, 5.74) is 0. The number of aryl methyl sites for hydroxylation is 1. The molecule has 2 aliphatic rings. The van der Waals surface area contributed by atoms with E-state index in [1.54, 1.807) is 0 Å². The Labute approximate surface area is 120 Å². The van der Waals surface area contributed by atoms with E-state index in [1.165, 1.54) is 38.5 Å². The summed E-state index contributed by atoms with van der Waals surface area (Å²) in [5, 5.41) is 13.6. The zero-order chi connectivity index (χ0) is 13.9. The van der Waals surface area contributed by atoms with Gasteiger partial charge in [0.1, 0.15) is 0 Å². The molecule has 0 radical (unpaired) electrons. The molecule has 0 aromatic carbocycles. The van der Waals surface area contributed by atoms with Crippen LogP contribution >= 0.6 is 0 Å². The number of hydrogen-bond donors (Lipinski definition) is 1. The van der Waals surface area contributed by atoms with Crippen molar-refractivity contribution >= 4 is 0 Å². The van der Waals surface area contributed by atoms with Gasteiger partial charge < -0.3 is 9.63 Å². The largest absolute Gasteiger partial charge is 0.396 e.